The highest BCUT2D eigenvalue weighted by molar-refractivity contribution is 6.32. The lowest BCUT2D eigenvalue weighted by Crippen LogP contribution is -2.05. The van der Waals surface area contributed by atoms with Crippen LogP contribution in [0.3, 0.4) is 0 Å². The average molecular weight is 226 g/mol. The summed E-state index contributed by atoms with van der Waals surface area (Å²) in [5.41, 5.74) is 7.16. The van der Waals surface area contributed by atoms with Crippen molar-refractivity contribution in [3.05, 3.63) is 28.8 Å². The molecule has 1 fully saturated rings. The fourth-order valence-corrected chi connectivity index (χ4v) is 2.75. The van der Waals surface area contributed by atoms with Gasteiger partial charge in [-0.25, -0.2) is 0 Å². The van der Waals surface area contributed by atoms with Crippen molar-refractivity contribution in [2.75, 3.05) is 6.54 Å². The predicted octanol–water partition coefficient (Wildman–Crippen LogP) is 2.74. The molecular weight excluding hydrogens is 210 g/mol. The summed E-state index contributed by atoms with van der Waals surface area (Å²) in [5.74, 6) is 1.14. The minimum Gasteiger partial charge on any atom is -0.506 e. The van der Waals surface area contributed by atoms with Gasteiger partial charge in [-0.2, -0.15) is 0 Å². The molecule has 0 bridgehead atoms. The molecule has 1 aromatic carbocycles. The Balaban J connectivity index is 2.29. The van der Waals surface area contributed by atoms with Gasteiger partial charge < -0.3 is 10.8 Å². The second-order valence-electron chi connectivity index (χ2n) is 4.85. The zero-order valence-electron chi connectivity index (χ0n) is 9.00. The number of phenols is 1. The Morgan fingerprint density at radius 3 is 2.60 bits per heavy atom. The first-order chi connectivity index (χ1) is 6.98. The summed E-state index contributed by atoms with van der Waals surface area (Å²) in [6.45, 7) is 5.14. The summed E-state index contributed by atoms with van der Waals surface area (Å²) in [6, 6.07) is 5.43. The van der Waals surface area contributed by atoms with Gasteiger partial charge in [-0.15, -0.1) is 0 Å². The van der Waals surface area contributed by atoms with Gasteiger partial charge in [0.1, 0.15) is 5.75 Å². The topological polar surface area (TPSA) is 46.2 Å². The van der Waals surface area contributed by atoms with Crippen molar-refractivity contribution in [3.8, 4) is 5.75 Å². The van der Waals surface area contributed by atoms with Crippen LogP contribution >= 0.6 is 11.6 Å². The Bertz CT molecular complexity index is 389. The van der Waals surface area contributed by atoms with E-state index in [4.69, 9.17) is 17.3 Å². The first-order valence-corrected chi connectivity index (χ1v) is 5.54. The van der Waals surface area contributed by atoms with Crippen LogP contribution in [-0.2, 0) is 0 Å². The molecule has 0 aromatic heterocycles. The Labute approximate surface area is 95.1 Å². The Morgan fingerprint density at radius 2 is 2.13 bits per heavy atom. The summed E-state index contributed by atoms with van der Waals surface area (Å²) >= 11 is 5.89. The van der Waals surface area contributed by atoms with E-state index in [1.165, 1.54) is 5.56 Å². The number of halogens is 1. The number of rotatable bonds is 2. The van der Waals surface area contributed by atoms with E-state index in [1.54, 1.807) is 6.07 Å². The van der Waals surface area contributed by atoms with E-state index < -0.39 is 0 Å². The lowest BCUT2D eigenvalue weighted by Gasteiger charge is -2.04. The normalized spacial score (nSPS) is 27.7. The minimum absolute atomic E-state index is 0.142. The van der Waals surface area contributed by atoms with Crippen LogP contribution in [-0.4, -0.2) is 11.7 Å². The van der Waals surface area contributed by atoms with Crippen LogP contribution in [0.15, 0.2) is 18.2 Å². The minimum atomic E-state index is 0.142. The van der Waals surface area contributed by atoms with Gasteiger partial charge in [-0.3, -0.25) is 0 Å². The molecule has 15 heavy (non-hydrogen) atoms. The summed E-state index contributed by atoms with van der Waals surface area (Å²) in [5, 5.41) is 9.76. The lowest BCUT2D eigenvalue weighted by molar-refractivity contribution is 0.475. The van der Waals surface area contributed by atoms with Crippen LogP contribution in [0, 0.1) is 11.3 Å². The fourth-order valence-electron chi connectivity index (χ4n) is 2.56. The molecule has 0 spiro atoms. The van der Waals surface area contributed by atoms with Gasteiger partial charge in [0, 0.05) is 0 Å². The number of nitrogens with two attached hydrogens (primary N) is 1. The Kier molecular flexibility index (Phi) is 2.44. The van der Waals surface area contributed by atoms with Crippen LogP contribution in [0.4, 0.5) is 0 Å². The van der Waals surface area contributed by atoms with E-state index in [2.05, 4.69) is 13.8 Å². The first-order valence-electron chi connectivity index (χ1n) is 5.17. The lowest BCUT2D eigenvalue weighted by atomic mass is 10.0. The molecule has 0 unspecified atom stereocenters. The third kappa shape index (κ3) is 1.62. The predicted molar refractivity (Wildman–Crippen MR) is 62.2 cm³/mol. The van der Waals surface area contributed by atoms with E-state index in [0.717, 1.165) is 0 Å². The van der Waals surface area contributed by atoms with Crippen molar-refractivity contribution in [2.24, 2.45) is 17.1 Å². The number of benzene rings is 1. The molecule has 2 nitrogen and oxygen atoms in total. The molecule has 0 radical (unpaired) electrons. The quantitative estimate of drug-likeness (QED) is 0.813. The summed E-state index contributed by atoms with van der Waals surface area (Å²) in [6.07, 6.45) is 0. The molecule has 1 aromatic rings. The van der Waals surface area contributed by atoms with E-state index in [-0.39, 0.29) is 11.2 Å². The van der Waals surface area contributed by atoms with Crippen LogP contribution in [0.5, 0.6) is 5.75 Å². The second-order valence-corrected chi connectivity index (χ2v) is 5.26. The molecule has 3 heteroatoms. The van der Waals surface area contributed by atoms with Crippen molar-refractivity contribution in [1.29, 1.82) is 0 Å². The van der Waals surface area contributed by atoms with E-state index in [9.17, 15) is 5.11 Å². The van der Waals surface area contributed by atoms with E-state index in [1.807, 2.05) is 12.1 Å². The maximum atomic E-state index is 9.34. The van der Waals surface area contributed by atoms with Gasteiger partial charge in [0.05, 0.1) is 5.02 Å². The molecule has 3 N–H and O–H groups in total. The summed E-state index contributed by atoms with van der Waals surface area (Å²) in [7, 11) is 0. The molecule has 1 saturated carbocycles. The molecule has 0 amide bonds. The molecule has 0 saturated heterocycles. The Morgan fingerprint density at radius 1 is 1.47 bits per heavy atom. The zero-order valence-corrected chi connectivity index (χ0v) is 9.75. The maximum Gasteiger partial charge on any atom is 0.134 e. The molecular formula is C12H16ClNO. The van der Waals surface area contributed by atoms with Crippen molar-refractivity contribution in [1.82, 2.24) is 0 Å². The molecule has 2 atom stereocenters. The maximum absolute atomic E-state index is 9.34. The highest BCUT2D eigenvalue weighted by atomic mass is 35.5. The van der Waals surface area contributed by atoms with Gasteiger partial charge in [-0.1, -0.05) is 31.5 Å². The fraction of sp³-hybridized carbons (Fsp3) is 0.500. The number of hydrogen-bond donors (Lipinski definition) is 2. The van der Waals surface area contributed by atoms with Crippen LogP contribution in [0.2, 0.25) is 5.02 Å². The first kappa shape index (κ1) is 10.8. The van der Waals surface area contributed by atoms with Gasteiger partial charge in [0.25, 0.3) is 0 Å². The van der Waals surface area contributed by atoms with Gasteiger partial charge in [0.15, 0.2) is 0 Å². The summed E-state index contributed by atoms with van der Waals surface area (Å²) in [4.78, 5) is 0. The van der Waals surface area contributed by atoms with Crippen molar-refractivity contribution in [3.63, 3.8) is 0 Å². The molecule has 82 valence electrons. The van der Waals surface area contributed by atoms with E-state index >= 15 is 0 Å². The standard InChI is InChI=1S/C12H16ClNO/c1-12(2)8(6-14)11(12)7-3-4-10(15)9(13)5-7/h3-5,8,11,15H,6,14H2,1-2H3/t8-,11-/m0/s1. The molecule has 2 rings (SSSR count). The third-order valence-corrected chi connectivity index (χ3v) is 3.94. The largest absolute Gasteiger partial charge is 0.506 e. The van der Waals surface area contributed by atoms with Crippen LogP contribution in [0.25, 0.3) is 0 Å². The van der Waals surface area contributed by atoms with Crippen LogP contribution < -0.4 is 5.73 Å². The third-order valence-electron chi connectivity index (χ3n) is 3.64. The Hall–Kier alpha value is -0.730. The smallest absolute Gasteiger partial charge is 0.134 e. The second kappa shape index (κ2) is 3.39. The SMILES string of the molecule is CC1(C)[C@@H](CN)[C@@H]1c1ccc(O)c(Cl)c1. The van der Waals surface area contributed by atoms with Gasteiger partial charge in [-0.05, 0) is 41.5 Å². The number of hydrogen-bond acceptors (Lipinski definition) is 2. The highest BCUT2D eigenvalue weighted by Crippen LogP contribution is 2.64. The van der Waals surface area contributed by atoms with Gasteiger partial charge >= 0.3 is 0 Å². The van der Waals surface area contributed by atoms with Crippen molar-refractivity contribution >= 4 is 11.6 Å². The molecule has 0 aliphatic heterocycles. The monoisotopic (exact) mass is 225 g/mol. The highest BCUT2D eigenvalue weighted by Gasteiger charge is 2.57. The van der Waals surface area contributed by atoms with Crippen molar-refractivity contribution in [2.45, 2.75) is 19.8 Å². The molecule has 1 aliphatic rings. The number of phenolic OH excluding ortho intramolecular Hbond substituents is 1. The van der Waals surface area contributed by atoms with Crippen molar-refractivity contribution < 1.29 is 5.11 Å². The van der Waals surface area contributed by atoms with E-state index in [0.29, 0.717) is 23.4 Å². The van der Waals surface area contributed by atoms with Crippen LogP contribution in [0.1, 0.15) is 25.3 Å². The van der Waals surface area contributed by atoms with Gasteiger partial charge in [0.2, 0.25) is 0 Å². The average Bonchev–Trinajstić information content (AvgIpc) is 2.73. The summed E-state index contributed by atoms with van der Waals surface area (Å²) < 4.78 is 0. The number of aromatic hydroxyl groups is 1. The molecule has 0 heterocycles. The molecule has 1 aliphatic carbocycles. The zero-order chi connectivity index (χ0) is 11.2.